The van der Waals surface area contributed by atoms with Crippen molar-refractivity contribution in [3.05, 3.63) is 76.6 Å². The van der Waals surface area contributed by atoms with Crippen LogP contribution in [0.2, 0.25) is 5.02 Å². The minimum Gasteiger partial charge on any atom is -0.476 e. The molecule has 1 N–H and O–H groups in total. The number of aromatic nitrogens is 2. The van der Waals surface area contributed by atoms with Crippen LogP contribution in [0.4, 0.5) is 0 Å². The summed E-state index contributed by atoms with van der Waals surface area (Å²) in [5.74, 6) is -1.03. The van der Waals surface area contributed by atoms with Gasteiger partial charge in [0.05, 0.1) is 10.9 Å². The fraction of sp³-hybridized carbons (Fsp3) is 0.0588. The van der Waals surface area contributed by atoms with Crippen LogP contribution in [0, 0.1) is 0 Å². The first kappa shape index (κ1) is 14.4. The van der Waals surface area contributed by atoms with E-state index in [1.807, 2.05) is 36.4 Å². The van der Waals surface area contributed by atoms with Gasteiger partial charge in [0.2, 0.25) is 0 Å². The van der Waals surface area contributed by atoms with Gasteiger partial charge < -0.3 is 5.11 Å². The van der Waals surface area contributed by atoms with Crippen molar-refractivity contribution in [2.24, 2.45) is 0 Å². The lowest BCUT2D eigenvalue weighted by Crippen LogP contribution is -2.10. The lowest BCUT2D eigenvalue weighted by molar-refractivity contribution is 0.0690. The van der Waals surface area contributed by atoms with Gasteiger partial charge in [0.25, 0.3) is 0 Å². The van der Waals surface area contributed by atoms with Crippen LogP contribution in [0.25, 0.3) is 5.69 Å². The van der Waals surface area contributed by atoms with Gasteiger partial charge in [-0.2, -0.15) is 0 Å². The number of rotatable bonds is 2. The molecular formula is C17H11ClN2O2S. The van der Waals surface area contributed by atoms with Crippen molar-refractivity contribution >= 4 is 29.3 Å². The van der Waals surface area contributed by atoms with Gasteiger partial charge in [-0.25, -0.2) is 9.78 Å². The van der Waals surface area contributed by atoms with Crippen LogP contribution in [-0.4, -0.2) is 20.6 Å². The van der Waals surface area contributed by atoms with Crippen molar-refractivity contribution < 1.29 is 9.90 Å². The lowest BCUT2D eigenvalue weighted by atomic mass is 10.0. The number of fused-ring (bicyclic) bond motifs is 3. The summed E-state index contributed by atoms with van der Waals surface area (Å²) in [4.78, 5) is 15.5. The third kappa shape index (κ3) is 2.42. The van der Waals surface area contributed by atoms with E-state index in [4.69, 9.17) is 11.6 Å². The topological polar surface area (TPSA) is 55.1 Å². The zero-order valence-electron chi connectivity index (χ0n) is 11.8. The van der Waals surface area contributed by atoms with E-state index in [1.54, 1.807) is 22.5 Å². The summed E-state index contributed by atoms with van der Waals surface area (Å²) in [5, 5.41) is 10.5. The molecule has 2 heterocycles. The third-order valence-electron chi connectivity index (χ3n) is 3.75. The quantitative estimate of drug-likeness (QED) is 0.749. The molecule has 0 aliphatic carbocycles. The number of hydrogen-bond acceptors (Lipinski definition) is 3. The summed E-state index contributed by atoms with van der Waals surface area (Å²) in [5.41, 5.74) is 3.15. The van der Waals surface area contributed by atoms with Crippen LogP contribution in [0.15, 0.2) is 59.9 Å². The molecule has 1 unspecified atom stereocenters. The predicted octanol–water partition coefficient (Wildman–Crippen LogP) is 4.42. The van der Waals surface area contributed by atoms with Crippen LogP contribution in [0.3, 0.4) is 0 Å². The molecule has 1 atom stereocenters. The normalized spacial score (nSPS) is 15.8. The van der Waals surface area contributed by atoms with Gasteiger partial charge in [-0.05, 0) is 23.3 Å². The number of benzene rings is 2. The van der Waals surface area contributed by atoms with Crippen molar-refractivity contribution in [2.75, 3.05) is 0 Å². The molecule has 0 spiro atoms. The van der Waals surface area contributed by atoms with E-state index in [1.165, 1.54) is 0 Å². The first-order chi connectivity index (χ1) is 11.1. The van der Waals surface area contributed by atoms with Gasteiger partial charge >= 0.3 is 5.97 Å². The number of nitrogens with zero attached hydrogens (tertiary/aromatic N) is 2. The summed E-state index contributed by atoms with van der Waals surface area (Å²) < 4.78 is 1.80. The highest BCUT2D eigenvalue weighted by Crippen LogP contribution is 2.47. The monoisotopic (exact) mass is 342 g/mol. The molecule has 0 radical (unpaired) electrons. The zero-order valence-corrected chi connectivity index (χ0v) is 13.4. The molecule has 6 heteroatoms. The average Bonchev–Trinajstić information content (AvgIpc) is 2.99. The van der Waals surface area contributed by atoms with E-state index < -0.39 is 5.97 Å². The number of hydrogen-bond donors (Lipinski definition) is 1. The molecule has 23 heavy (non-hydrogen) atoms. The minimum atomic E-state index is -1.03. The van der Waals surface area contributed by atoms with E-state index in [2.05, 4.69) is 17.1 Å². The number of carboxylic acids is 1. The molecule has 114 valence electrons. The van der Waals surface area contributed by atoms with Crippen LogP contribution in [0.5, 0.6) is 0 Å². The maximum Gasteiger partial charge on any atom is 0.356 e. The van der Waals surface area contributed by atoms with Crippen molar-refractivity contribution in [3.63, 3.8) is 0 Å². The molecule has 1 aromatic heterocycles. The second kappa shape index (κ2) is 5.44. The molecule has 1 aliphatic heterocycles. The Labute approximate surface area is 141 Å². The van der Waals surface area contributed by atoms with Crippen LogP contribution >= 0.6 is 23.4 Å². The standard InChI is InChI=1S/C17H11ClN2O2S/c18-11-6-7-12-14(8-11)20-9-13(16(21)22)19-17(20)23-15(12)10-4-2-1-3-5-10/h1-9,15H,(H,21,22). The fourth-order valence-electron chi connectivity index (χ4n) is 2.71. The number of carbonyl (C=O) groups is 1. The number of thioether (sulfide) groups is 1. The second-order valence-electron chi connectivity index (χ2n) is 5.20. The Kier molecular flexibility index (Phi) is 3.39. The van der Waals surface area contributed by atoms with Gasteiger partial charge in [0.1, 0.15) is 0 Å². The number of imidazole rings is 1. The molecule has 0 fully saturated rings. The van der Waals surface area contributed by atoms with Gasteiger partial charge in [0, 0.05) is 11.2 Å². The molecule has 0 saturated heterocycles. The Bertz CT molecular complexity index is 908. The highest BCUT2D eigenvalue weighted by Gasteiger charge is 2.29. The maximum absolute atomic E-state index is 11.2. The molecule has 4 rings (SSSR count). The van der Waals surface area contributed by atoms with Crippen molar-refractivity contribution in [2.45, 2.75) is 10.4 Å². The Morgan fingerprint density at radius 2 is 2.00 bits per heavy atom. The summed E-state index contributed by atoms with van der Waals surface area (Å²) >= 11 is 7.69. The summed E-state index contributed by atoms with van der Waals surface area (Å²) in [6.45, 7) is 0. The predicted molar refractivity (Wildman–Crippen MR) is 89.7 cm³/mol. The van der Waals surface area contributed by atoms with Gasteiger partial charge in [-0.15, -0.1) is 0 Å². The van der Waals surface area contributed by atoms with Crippen molar-refractivity contribution in [1.29, 1.82) is 0 Å². The molecule has 0 amide bonds. The average molecular weight is 343 g/mol. The highest BCUT2D eigenvalue weighted by molar-refractivity contribution is 7.99. The molecular weight excluding hydrogens is 332 g/mol. The van der Waals surface area contributed by atoms with Gasteiger partial charge in [-0.3, -0.25) is 4.57 Å². The fourth-order valence-corrected chi connectivity index (χ4v) is 4.13. The van der Waals surface area contributed by atoms with Gasteiger partial charge in [-0.1, -0.05) is 59.8 Å². The maximum atomic E-state index is 11.2. The van der Waals surface area contributed by atoms with E-state index in [0.717, 1.165) is 16.8 Å². The molecule has 1 aliphatic rings. The Morgan fingerprint density at radius 3 is 2.74 bits per heavy atom. The summed E-state index contributed by atoms with van der Waals surface area (Å²) in [7, 11) is 0. The summed E-state index contributed by atoms with van der Waals surface area (Å²) in [6, 6.07) is 15.8. The zero-order chi connectivity index (χ0) is 16.0. The second-order valence-corrected chi connectivity index (χ2v) is 6.70. The van der Waals surface area contributed by atoms with Crippen LogP contribution < -0.4 is 0 Å². The smallest absolute Gasteiger partial charge is 0.356 e. The van der Waals surface area contributed by atoms with Gasteiger partial charge in [0.15, 0.2) is 10.9 Å². The lowest BCUT2D eigenvalue weighted by Gasteiger charge is -2.26. The van der Waals surface area contributed by atoms with Crippen molar-refractivity contribution in [3.8, 4) is 5.69 Å². The van der Waals surface area contributed by atoms with Crippen LogP contribution in [-0.2, 0) is 0 Å². The van der Waals surface area contributed by atoms with Crippen molar-refractivity contribution in [1.82, 2.24) is 9.55 Å². The van der Waals surface area contributed by atoms with E-state index in [-0.39, 0.29) is 10.9 Å². The molecule has 0 saturated carbocycles. The van der Waals surface area contributed by atoms with Crippen LogP contribution in [0.1, 0.15) is 26.9 Å². The number of aromatic carboxylic acids is 1. The SMILES string of the molecule is O=C(O)c1cn2c(n1)SC(c1ccccc1)c1ccc(Cl)cc1-2. The highest BCUT2D eigenvalue weighted by atomic mass is 35.5. The molecule has 3 aromatic rings. The molecule has 0 bridgehead atoms. The first-order valence-corrected chi connectivity index (χ1v) is 8.23. The third-order valence-corrected chi connectivity index (χ3v) is 5.25. The first-order valence-electron chi connectivity index (χ1n) is 6.97. The Balaban J connectivity index is 1.93. The van der Waals surface area contributed by atoms with E-state index in [9.17, 15) is 9.90 Å². The molecule has 2 aromatic carbocycles. The minimum absolute atomic E-state index is 0.0344. The Morgan fingerprint density at radius 1 is 1.22 bits per heavy atom. The molecule has 4 nitrogen and oxygen atoms in total. The number of halogens is 1. The number of carboxylic acid groups (broad SMARTS) is 1. The van der Waals surface area contributed by atoms with E-state index in [0.29, 0.717) is 10.2 Å². The summed E-state index contributed by atoms with van der Waals surface area (Å²) in [6.07, 6.45) is 1.54. The Hall–Kier alpha value is -2.24. The largest absolute Gasteiger partial charge is 0.476 e. The van der Waals surface area contributed by atoms with E-state index >= 15 is 0 Å².